The summed E-state index contributed by atoms with van der Waals surface area (Å²) in [4.78, 5) is 16.8. The predicted molar refractivity (Wildman–Crippen MR) is 89.0 cm³/mol. The fourth-order valence-corrected chi connectivity index (χ4v) is 2.48. The molecule has 0 unspecified atom stereocenters. The Bertz CT molecular complexity index is 798. The summed E-state index contributed by atoms with van der Waals surface area (Å²) in [6.45, 7) is 2.74. The molecule has 1 N–H and O–H groups in total. The van der Waals surface area contributed by atoms with Crippen molar-refractivity contribution in [3.63, 3.8) is 0 Å². The van der Waals surface area contributed by atoms with Gasteiger partial charge in [-0.25, -0.2) is 0 Å². The molecule has 0 atom stereocenters. The van der Waals surface area contributed by atoms with Gasteiger partial charge < -0.3 is 5.32 Å². The van der Waals surface area contributed by atoms with Crippen molar-refractivity contribution in [3.05, 3.63) is 48.4 Å². The molecule has 1 aromatic carbocycles. The molecule has 2 heterocycles. The minimum Gasteiger partial charge on any atom is -0.325 e. The maximum Gasteiger partial charge on any atom is 0.224 e. The molecule has 0 saturated heterocycles. The first-order valence-electron chi connectivity index (χ1n) is 7.79. The summed E-state index contributed by atoms with van der Waals surface area (Å²) >= 11 is 0. The monoisotopic (exact) mass is 309 g/mol. The third kappa shape index (κ3) is 3.71. The zero-order chi connectivity index (χ0) is 16.1. The fourth-order valence-electron chi connectivity index (χ4n) is 2.48. The van der Waals surface area contributed by atoms with Crippen LogP contribution in [0.5, 0.6) is 0 Å². The Hall–Kier alpha value is -2.76. The van der Waals surface area contributed by atoms with Gasteiger partial charge in [-0.3, -0.25) is 14.5 Å². The second kappa shape index (κ2) is 7.00. The lowest BCUT2D eigenvalue weighted by Crippen LogP contribution is -2.13. The Labute approximate surface area is 134 Å². The number of amides is 1. The normalized spacial score (nSPS) is 10.8. The van der Waals surface area contributed by atoms with E-state index in [1.807, 2.05) is 30.3 Å². The average molecular weight is 309 g/mol. The first kappa shape index (κ1) is 15.1. The van der Waals surface area contributed by atoms with Crippen LogP contribution in [-0.4, -0.2) is 25.9 Å². The van der Waals surface area contributed by atoms with Crippen LogP contribution >= 0.6 is 0 Å². The van der Waals surface area contributed by atoms with Crippen LogP contribution < -0.4 is 5.32 Å². The number of pyridine rings is 1. The SMILES string of the molecule is CCc1cc(NC(=O)CCCn2ccnn2)c2ccccc2n1. The van der Waals surface area contributed by atoms with Crippen LogP contribution in [0.2, 0.25) is 0 Å². The highest BCUT2D eigenvalue weighted by Crippen LogP contribution is 2.23. The van der Waals surface area contributed by atoms with Crippen molar-refractivity contribution in [2.24, 2.45) is 0 Å². The zero-order valence-electron chi connectivity index (χ0n) is 13.1. The summed E-state index contributed by atoms with van der Waals surface area (Å²) in [7, 11) is 0. The standard InChI is InChI=1S/C17H19N5O/c1-2-13-12-16(14-6-3-4-7-15(14)19-13)20-17(23)8-5-10-22-11-9-18-21-22/h3-4,6-7,9,11-12H,2,5,8,10H2,1H3,(H,19,20,23). The minimum atomic E-state index is 0.00326. The van der Waals surface area contributed by atoms with Gasteiger partial charge in [-0.1, -0.05) is 30.3 Å². The van der Waals surface area contributed by atoms with Crippen molar-refractivity contribution in [2.45, 2.75) is 32.7 Å². The predicted octanol–water partition coefficient (Wildman–Crippen LogP) is 2.81. The highest BCUT2D eigenvalue weighted by molar-refractivity contribution is 6.01. The van der Waals surface area contributed by atoms with Crippen molar-refractivity contribution >= 4 is 22.5 Å². The highest BCUT2D eigenvalue weighted by Gasteiger charge is 2.08. The van der Waals surface area contributed by atoms with Crippen molar-refractivity contribution < 1.29 is 4.79 Å². The maximum absolute atomic E-state index is 12.2. The molecule has 0 fully saturated rings. The number of aromatic nitrogens is 4. The Morgan fingerprint density at radius 3 is 2.96 bits per heavy atom. The second-order valence-corrected chi connectivity index (χ2v) is 5.35. The summed E-state index contributed by atoms with van der Waals surface area (Å²) in [5.41, 5.74) is 2.71. The number of carbonyl (C=O) groups excluding carboxylic acids is 1. The van der Waals surface area contributed by atoms with Crippen LogP contribution in [0.25, 0.3) is 10.9 Å². The number of hydrogen-bond acceptors (Lipinski definition) is 4. The van der Waals surface area contributed by atoms with E-state index >= 15 is 0 Å². The smallest absolute Gasteiger partial charge is 0.224 e. The van der Waals surface area contributed by atoms with Crippen LogP contribution in [0, 0.1) is 0 Å². The lowest BCUT2D eigenvalue weighted by Gasteiger charge is -2.10. The summed E-state index contributed by atoms with van der Waals surface area (Å²) in [6.07, 6.45) is 5.42. The summed E-state index contributed by atoms with van der Waals surface area (Å²) in [5.74, 6) is 0.00326. The largest absolute Gasteiger partial charge is 0.325 e. The lowest BCUT2D eigenvalue weighted by atomic mass is 10.1. The number of hydrogen-bond donors (Lipinski definition) is 1. The molecule has 0 aliphatic carbocycles. The third-order valence-electron chi connectivity index (χ3n) is 3.67. The first-order chi connectivity index (χ1) is 11.3. The quantitative estimate of drug-likeness (QED) is 0.760. The second-order valence-electron chi connectivity index (χ2n) is 5.35. The van der Waals surface area contributed by atoms with Gasteiger partial charge >= 0.3 is 0 Å². The number of benzene rings is 1. The number of para-hydroxylation sites is 1. The van der Waals surface area contributed by atoms with Crippen LogP contribution in [0.1, 0.15) is 25.5 Å². The molecule has 1 amide bonds. The van der Waals surface area contributed by atoms with E-state index in [0.29, 0.717) is 13.0 Å². The molecule has 0 saturated carbocycles. The van der Waals surface area contributed by atoms with Crippen molar-refractivity contribution in [3.8, 4) is 0 Å². The summed E-state index contributed by atoms with van der Waals surface area (Å²) < 4.78 is 1.73. The van der Waals surface area contributed by atoms with Gasteiger partial charge in [0.25, 0.3) is 0 Å². The summed E-state index contributed by atoms with van der Waals surface area (Å²) in [6, 6.07) is 9.81. The van der Waals surface area contributed by atoms with Crippen molar-refractivity contribution in [1.82, 2.24) is 20.0 Å². The van der Waals surface area contributed by atoms with Gasteiger partial charge in [0.1, 0.15) is 0 Å². The van der Waals surface area contributed by atoms with Crippen LogP contribution in [0.4, 0.5) is 5.69 Å². The van der Waals surface area contributed by atoms with Gasteiger partial charge in [0.15, 0.2) is 0 Å². The van der Waals surface area contributed by atoms with Gasteiger partial charge in [-0.2, -0.15) is 0 Å². The number of nitrogens with one attached hydrogen (secondary N) is 1. The molecular formula is C17H19N5O. The summed E-state index contributed by atoms with van der Waals surface area (Å²) in [5, 5.41) is 11.6. The third-order valence-corrected chi connectivity index (χ3v) is 3.67. The first-order valence-corrected chi connectivity index (χ1v) is 7.79. The van der Waals surface area contributed by atoms with Gasteiger partial charge in [0.05, 0.1) is 17.4 Å². The van der Waals surface area contributed by atoms with Gasteiger partial charge in [-0.15, -0.1) is 5.10 Å². The van der Waals surface area contributed by atoms with Crippen LogP contribution in [0.3, 0.4) is 0 Å². The molecule has 3 rings (SSSR count). The molecule has 0 aliphatic heterocycles. The van der Waals surface area contributed by atoms with E-state index in [4.69, 9.17) is 0 Å². The minimum absolute atomic E-state index is 0.00326. The maximum atomic E-state index is 12.2. The molecular weight excluding hydrogens is 290 g/mol. The molecule has 2 aromatic heterocycles. The van der Waals surface area contributed by atoms with E-state index in [0.717, 1.165) is 35.1 Å². The molecule has 3 aromatic rings. The molecule has 0 spiro atoms. The van der Waals surface area contributed by atoms with E-state index in [-0.39, 0.29) is 5.91 Å². The van der Waals surface area contributed by atoms with Gasteiger partial charge in [0, 0.05) is 30.2 Å². The number of anilines is 1. The highest BCUT2D eigenvalue weighted by atomic mass is 16.1. The Morgan fingerprint density at radius 2 is 2.17 bits per heavy atom. The lowest BCUT2D eigenvalue weighted by molar-refractivity contribution is -0.116. The fraction of sp³-hybridized carbons (Fsp3) is 0.294. The molecule has 6 heteroatoms. The van der Waals surface area contributed by atoms with Gasteiger partial charge in [-0.05, 0) is 25.0 Å². The molecule has 23 heavy (non-hydrogen) atoms. The Morgan fingerprint density at radius 1 is 1.30 bits per heavy atom. The van der Waals surface area contributed by atoms with E-state index in [9.17, 15) is 4.79 Å². The van der Waals surface area contributed by atoms with Crippen molar-refractivity contribution in [2.75, 3.05) is 5.32 Å². The Balaban J connectivity index is 1.69. The average Bonchev–Trinajstić information content (AvgIpc) is 3.08. The Kier molecular flexibility index (Phi) is 4.61. The van der Waals surface area contributed by atoms with E-state index < -0.39 is 0 Å². The number of carbonyl (C=O) groups is 1. The topological polar surface area (TPSA) is 72.7 Å². The molecule has 118 valence electrons. The number of rotatable bonds is 6. The van der Waals surface area contributed by atoms with E-state index in [1.54, 1.807) is 17.1 Å². The number of nitrogens with zero attached hydrogens (tertiary/aromatic N) is 4. The molecule has 0 bridgehead atoms. The molecule has 6 nitrogen and oxygen atoms in total. The van der Waals surface area contributed by atoms with Gasteiger partial charge in [0.2, 0.25) is 5.91 Å². The number of aryl methyl sites for hydroxylation is 2. The number of fused-ring (bicyclic) bond motifs is 1. The van der Waals surface area contributed by atoms with E-state index in [2.05, 4.69) is 27.5 Å². The zero-order valence-corrected chi connectivity index (χ0v) is 13.1. The van der Waals surface area contributed by atoms with Crippen molar-refractivity contribution in [1.29, 1.82) is 0 Å². The van der Waals surface area contributed by atoms with Crippen LogP contribution in [0.15, 0.2) is 42.7 Å². The molecule has 0 aliphatic rings. The van der Waals surface area contributed by atoms with E-state index in [1.165, 1.54) is 0 Å². The van der Waals surface area contributed by atoms with Crippen LogP contribution in [-0.2, 0) is 17.8 Å². The molecule has 0 radical (unpaired) electrons.